The molecule has 1 aromatic carbocycles. The number of aromatic nitrogens is 2. The summed E-state index contributed by atoms with van der Waals surface area (Å²) in [5.41, 5.74) is 3.38. The summed E-state index contributed by atoms with van der Waals surface area (Å²) in [6.07, 6.45) is 2.64. The van der Waals surface area contributed by atoms with Gasteiger partial charge in [-0.1, -0.05) is 11.2 Å². The van der Waals surface area contributed by atoms with Gasteiger partial charge in [-0.05, 0) is 49.9 Å². The largest absolute Gasteiger partial charge is 0.496 e. The Morgan fingerprint density at radius 3 is 2.79 bits per heavy atom. The van der Waals surface area contributed by atoms with Crippen molar-refractivity contribution in [3.8, 4) is 5.75 Å². The number of rotatable bonds is 7. The Morgan fingerprint density at radius 2 is 2.10 bits per heavy atom. The van der Waals surface area contributed by atoms with Crippen molar-refractivity contribution < 1.29 is 24.0 Å². The molecular weight excluding hydrogens is 374 g/mol. The van der Waals surface area contributed by atoms with E-state index in [-0.39, 0.29) is 11.5 Å². The number of nitrogens with zero attached hydrogens (tertiary/aromatic N) is 2. The molecule has 2 aromatic heterocycles. The van der Waals surface area contributed by atoms with Crippen LogP contribution in [-0.4, -0.2) is 40.8 Å². The first-order valence-corrected chi connectivity index (χ1v) is 9.43. The summed E-state index contributed by atoms with van der Waals surface area (Å²) in [5, 5.41) is 16.6. The molecule has 0 unspecified atom stereocenters. The molecule has 1 amide bonds. The van der Waals surface area contributed by atoms with E-state index in [4.69, 9.17) is 14.4 Å². The summed E-state index contributed by atoms with van der Waals surface area (Å²) >= 11 is 0. The highest BCUT2D eigenvalue weighted by atomic mass is 16.5. The van der Waals surface area contributed by atoms with E-state index in [0.29, 0.717) is 47.0 Å². The van der Waals surface area contributed by atoms with Gasteiger partial charge in [0.2, 0.25) is 0 Å². The second-order valence-corrected chi connectivity index (χ2v) is 7.15. The molecule has 1 fully saturated rings. The van der Waals surface area contributed by atoms with E-state index in [1.807, 2.05) is 6.07 Å². The number of hydrogen-bond acceptors (Lipinski definition) is 6. The molecule has 29 heavy (non-hydrogen) atoms. The Hall–Kier alpha value is -3.42. The van der Waals surface area contributed by atoms with Gasteiger partial charge in [0.25, 0.3) is 11.6 Å². The first-order chi connectivity index (χ1) is 14.0. The number of carbonyl (C=O) groups is 2. The summed E-state index contributed by atoms with van der Waals surface area (Å²) in [6.45, 7) is 2.16. The van der Waals surface area contributed by atoms with Crippen LogP contribution in [0.3, 0.4) is 0 Å². The molecule has 2 heterocycles. The van der Waals surface area contributed by atoms with Gasteiger partial charge in [0.05, 0.1) is 29.3 Å². The molecule has 4 rings (SSSR count). The number of carboxylic acids is 1. The van der Waals surface area contributed by atoms with Crippen molar-refractivity contribution in [2.45, 2.75) is 32.1 Å². The number of aromatic carboxylic acids is 1. The first-order valence-electron chi connectivity index (χ1n) is 9.43. The Labute approximate surface area is 166 Å². The van der Waals surface area contributed by atoms with Crippen molar-refractivity contribution in [1.29, 1.82) is 0 Å². The highest BCUT2D eigenvalue weighted by Gasteiger charge is 2.28. The molecule has 8 heteroatoms. The van der Waals surface area contributed by atoms with E-state index < -0.39 is 5.97 Å². The van der Waals surface area contributed by atoms with Crippen molar-refractivity contribution in [2.75, 3.05) is 13.7 Å². The van der Waals surface area contributed by atoms with Crippen LogP contribution < -0.4 is 10.1 Å². The third-order valence-corrected chi connectivity index (χ3v) is 5.09. The van der Waals surface area contributed by atoms with Crippen LogP contribution >= 0.6 is 0 Å². The second-order valence-electron chi connectivity index (χ2n) is 7.15. The lowest BCUT2D eigenvalue weighted by Crippen LogP contribution is -2.26. The zero-order valence-corrected chi connectivity index (χ0v) is 16.2. The predicted octanol–water partition coefficient (Wildman–Crippen LogP) is 3.09. The zero-order valence-electron chi connectivity index (χ0n) is 16.2. The van der Waals surface area contributed by atoms with Gasteiger partial charge in [-0.15, -0.1) is 0 Å². The Balaban J connectivity index is 1.51. The maximum atomic E-state index is 12.9. The molecular formula is C21H21N3O5. The number of hydrogen-bond donors (Lipinski definition) is 2. The van der Waals surface area contributed by atoms with E-state index in [9.17, 15) is 9.59 Å². The summed E-state index contributed by atoms with van der Waals surface area (Å²) in [4.78, 5) is 28.5. The Morgan fingerprint density at radius 1 is 1.31 bits per heavy atom. The van der Waals surface area contributed by atoms with Crippen molar-refractivity contribution in [3.05, 3.63) is 52.3 Å². The smallest absolute Gasteiger partial charge is 0.335 e. The number of pyridine rings is 1. The maximum absolute atomic E-state index is 12.9. The van der Waals surface area contributed by atoms with Crippen LogP contribution in [0.1, 0.15) is 56.4 Å². The Kier molecular flexibility index (Phi) is 4.92. The molecule has 8 nitrogen and oxygen atoms in total. The van der Waals surface area contributed by atoms with Gasteiger partial charge in [0.15, 0.2) is 0 Å². The predicted molar refractivity (Wildman–Crippen MR) is 105 cm³/mol. The van der Waals surface area contributed by atoms with Gasteiger partial charge >= 0.3 is 5.97 Å². The fraction of sp³-hybridized carbons (Fsp3) is 0.333. The number of methoxy groups -OCH3 is 1. The van der Waals surface area contributed by atoms with Gasteiger partial charge < -0.3 is 19.7 Å². The molecule has 0 radical (unpaired) electrons. The molecule has 2 N–H and O–H groups in total. The van der Waals surface area contributed by atoms with Gasteiger partial charge in [-0.25, -0.2) is 9.78 Å². The van der Waals surface area contributed by atoms with Gasteiger partial charge in [-0.2, -0.15) is 0 Å². The monoisotopic (exact) mass is 395 g/mol. The minimum absolute atomic E-state index is 0.157. The molecule has 0 aliphatic heterocycles. The van der Waals surface area contributed by atoms with Crippen LogP contribution in [0.5, 0.6) is 5.75 Å². The fourth-order valence-corrected chi connectivity index (χ4v) is 3.37. The highest BCUT2D eigenvalue weighted by molar-refractivity contribution is 6.06. The van der Waals surface area contributed by atoms with Crippen LogP contribution in [-0.2, 0) is 6.42 Å². The average molecular weight is 395 g/mol. The lowest BCUT2D eigenvalue weighted by molar-refractivity contribution is 0.0696. The Bertz CT molecular complexity index is 1100. The number of ether oxygens (including phenoxy) is 1. The van der Waals surface area contributed by atoms with Gasteiger partial charge in [0, 0.05) is 18.2 Å². The van der Waals surface area contributed by atoms with Crippen molar-refractivity contribution in [1.82, 2.24) is 15.5 Å². The van der Waals surface area contributed by atoms with Crippen molar-refractivity contribution >= 4 is 23.0 Å². The lowest BCUT2D eigenvalue weighted by Gasteiger charge is -2.11. The molecule has 0 atom stereocenters. The second kappa shape index (κ2) is 7.54. The number of fused-ring (bicyclic) bond motifs is 1. The normalized spacial score (nSPS) is 13.4. The SMILES string of the molecule is COc1cc(C(=O)O)ccc1CCNC(=O)c1cc(C2CC2)nc2onc(C)c12. The van der Waals surface area contributed by atoms with E-state index in [1.54, 1.807) is 13.0 Å². The van der Waals surface area contributed by atoms with Crippen LogP contribution in [0.2, 0.25) is 0 Å². The van der Waals surface area contributed by atoms with Crippen LogP contribution in [0.4, 0.5) is 0 Å². The van der Waals surface area contributed by atoms with Gasteiger partial charge in [0.1, 0.15) is 5.75 Å². The first kappa shape index (κ1) is 18.9. The molecule has 3 aromatic rings. The molecule has 0 bridgehead atoms. The topological polar surface area (TPSA) is 115 Å². The number of carbonyl (C=O) groups excluding carboxylic acids is 1. The average Bonchev–Trinajstić information content (AvgIpc) is 3.50. The number of nitrogens with one attached hydrogen (secondary N) is 1. The van der Waals surface area contributed by atoms with E-state index >= 15 is 0 Å². The molecule has 1 saturated carbocycles. The van der Waals surface area contributed by atoms with Crippen LogP contribution in [0.25, 0.3) is 11.1 Å². The number of benzene rings is 1. The lowest BCUT2D eigenvalue weighted by atomic mass is 10.1. The molecule has 0 saturated heterocycles. The summed E-state index contributed by atoms with van der Waals surface area (Å²) in [6, 6.07) is 6.54. The number of aryl methyl sites for hydroxylation is 1. The number of carboxylic acid groups (broad SMARTS) is 1. The number of amides is 1. The summed E-state index contributed by atoms with van der Waals surface area (Å²) in [5.74, 6) is -0.364. The van der Waals surface area contributed by atoms with Crippen molar-refractivity contribution in [2.24, 2.45) is 0 Å². The zero-order chi connectivity index (χ0) is 20.5. The van der Waals surface area contributed by atoms with E-state index in [0.717, 1.165) is 24.1 Å². The maximum Gasteiger partial charge on any atom is 0.335 e. The standard InChI is InChI=1S/C21H21N3O5/c1-11-18-15(10-16(12-3-4-12)23-20(18)29-24-11)19(25)22-8-7-13-5-6-14(21(26)27)9-17(13)28-2/h5-6,9-10,12H,3-4,7-8H2,1-2H3,(H,22,25)(H,26,27). The van der Waals surface area contributed by atoms with Gasteiger partial charge in [-0.3, -0.25) is 4.79 Å². The van der Waals surface area contributed by atoms with E-state index in [1.165, 1.54) is 19.2 Å². The van der Waals surface area contributed by atoms with Crippen LogP contribution in [0, 0.1) is 6.92 Å². The molecule has 1 aliphatic carbocycles. The molecule has 150 valence electrons. The van der Waals surface area contributed by atoms with Crippen molar-refractivity contribution in [3.63, 3.8) is 0 Å². The minimum atomic E-state index is -1.01. The minimum Gasteiger partial charge on any atom is -0.496 e. The van der Waals surface area contributed by atoms with E-state index in [2.05, 4.69) is 15.5 Å². The molecule has 0 spiro atoms. The molecule has 1 aliphatic rings. The third kappa shape index (κ3) is 3.78. The summed E-state index contributed by atoms with van der Waals surface area (Å²) < 4.78 is 10.6. The fourth-order valence-electron chi connectivity index (χ4n) is 3.37. The quantitative estimate of drug-likeness (QED) is 0.632. The van der Waals surface area contributed by atoms with Crippen LogP contribution in [0.15, 0.2) is 28.8 Å². The third-order valence-electron chi connectivity index (χ3n) is 5.09. The highest BCUT2D eigenvalue weighted by Crippen LogP contribution is 2.40. The summed E-state index contributed by atoms with van der Waals surface area (Å²) in [7, 11) is 1.49.